The quantitative estimate of drug-likeness (QED) is 0.786. The Morgan fingerprint density at radius 2 is 1.88 bits per heavy atom. The lowest BCUT2D eigenvalue weighted by atomic mass is 10.1. The van der Waals surface area contributed by atoms with E-state index < -0.39 is 0 Å². The summed E-state index contributed by atoms with van der Waals surface area (Å²) in [7, 11) is 1.76. The molecule has 2 aromatic carbocycles. The van der Waals surface area contributed by atoms with Crippen molar-refractivity contribution in [2.24, 2.45) is 0 Å². The Kier molecular flexibility index (Phi) is 4.31. The van der Waals surface area contributed by atoms with Crippen LogP contribution >= 0.6 is 0 Å². The van der Waals surface area contributed by atoms with E-state index in [1.807, 2.05) is 54.6 Å². The van der Waals surface area contributed by atoms with Crippen LogP contribution in [-0.4, -0.2) is 47.3 Å². The number of likely N-dealkylation sites (N-methyl/N-ethyl adjacent to an activating group) is 1. The fraction of sp³-hybridized carbons (Fsp3) is 0.200. The molecular weight excluding hydrogens is 330 g/mol. The highest BCUT2D eigenvalue weighted by Crippen LogP contribution is 2.31. The van der Waals surface area contributed by atoms with Gasteiger partial charge in [-0.05, 0) is 12.1 Å². The van der Waals surface area contributed by atoms with Gasteiger partial charge in [-0.2, -0.15) is 5.10 Å². The molecule has 1 aromatic heterocycles. The van der Waals surface area contributed by atoms with E-state index in [1.54, 1.807) is 18.1 Å². The smallest absolute Gasteiger partial charge is 0.257 e. The van der Waals surface area contributed by atoms with Crippen LogP contribution in [0.3, 0.4) is 0 Å². The largest absolute Gasteiger partial charge is 0.486 e. The van der Waals surface area contributed by atoms with Gasteiger partial charge in [0.15, 0.2) is 17.6 Å². The van der Waals surface area contributed by atoms with E-state index in [0.717, 1.165) is 11.3 Å². The van der Waals surface area contributed by atoms with E-state index in [1.165, 1.54) is 0 Å². The highest BCUT2D eigenvalue weighted by Gasteiger charge is 2.25. The summed E-state index contributed by atoms with van der Waals surface area (Å²) in [5.41, 5.74) is 2.18. The third-order valence-corrected chi connectivity index (χ3v) is 4.32. The van der Waals surface area contributed by atoms with Crippen molar-refractivity contribution in [1.82, 2.24) is 15.1 Å². The topological polar surface area (TPSA) is 67.5 Å². The van der Waals surface area contributed by atoms with Crippen LogP contribution in [0, 0.1) is 0 Å². The molecule has 0 bridgehead atoms. The van der Waals surface area contributed by atoms with Gasteiger partial charge in [-0.25, -0.2) is 0 Å². The highest BCUT2D eigenvalue weighted by atomic mass is 16.6. The highest BCUT2D eigenvalue weighted by molar-refractivity contribution is 5.99. The zero-order valence-corrected chi connectivity index (χ0v) is 14.4. The number of amides is 1. The molecule has 2 heterocycles. The van der Waals surface area contributed by atoms with Crippen LogP contribution in [-0.2, 0) is 0 Å². The average molecular weight is 349 g/mol. The first-order valence-corrected chi connectivity index (χ1v) is 8.45. The Labute approximate surface area is 151 Å². The summed E-state index contributed by atoms with van der Waals surface area (Å²) in [6.07, 6.45) is 1.35. The third-order valence-electron chi connectivity index (χ3n) is 4.32. The number of nitrogens with one attached hydrogen (secondary N) is 1. The maximum Gasteiger partial charge on any atom is 0.257 e. The van der Waals surface area contributed by atoms with Crippen LogP contribution in [0.5, 0.6) is 11.5 Å². The molecule has 0 unspecified atom stereocenters. The van der Waals surface area contributed by atoms with Crippen molar-refractivity contribution in [3.63, 3.8) is 0 Å². The molecule has 1 amide bonds. The predicted octanol–water partition coefficient (Wildman–Crippen LogP) is 2.99. The summed E-state index contributed by atoms with van der Waals surface area (Å²) in [6.45, 7) is 0.831. The van der Waals surface area contributed by atoms with E-state index >= 15 is 0 Å². The number of aromatic nitrogens is 2. The van der Waals surface area contributed by atoms with Crippen molar-refractivity contribution in [1.29, 1.82) is 0 Å². The molecule has 0 fully saturated rings. The minimum atomic E-state index is -0.217. The second-order valence-electron chi connectivity index (χ2n) is 6.21. The Bertz CT molecular complexity index is 907. The van der Waals surface area contributed by atoms with Crippen molar-refractivity contribution in [2.75, 3.05) is 20.2 Å². The fourth-order valence-electron chi connectivity index (χ4n) is 3.02. The van der Waals surface area contributed by atoms with E-state index in [0.29, 0.717) is 30.2 Å². The zero-order valence-electron chi connectivity index (χ0n) is 14.4. The van der Waals surface area contributed by atoms with Crippen molar-refractivity contribution < 1.29 is 14.3 Å². The van der Waals surface area contributed by atoms with Gasteiger partial charge in [-0.3, -0.25) is 9.89 Å². The average Bonchev–Trinajstić information content (AvgIpc) is 3.17. The van der Waals surface area contributed by atoms with E-state index in [-0.39, 0.29) is 12.0 Å². The number of carbonyl (C=O) groups excluding carboxylic acids is 1. The van der Waals surface area contributed by atoms with Crippen LogP contribution in [0.25, 0.3) is 11.3 Å². The molecule has 4 rings (SSSR count). The molecule has 3 aromatic rings. The first-order valence-electron chi connectivity index (χ1n) is 8.45. The lowest BCUT2D eigenvalue weighted by Crippen LogP contribution is -2.41. The number of ether oxygens (including phenoxy) is 2. The van der Waals surface area contributed by atoms with Crippen LogP contribution in [0.1, 0.15) is 10.4 Å². The maximum absolute atomic E-state index is 12.9. The number of fused-ring (bicyclic) bond motifs is 1. The summed E-state index contributed by atoms with van der Waals surface area (Å²) >= 11 is 0. The van der Waals surface area contributed by atoms with E-state index in [4.69, 9.17) is 9.47 Å². The number of rotatable bonds is 4. The lowest BCUT2D eigenvalue weighted by molar-refractivity contribution is 0.0521. The second-order valence-corrected chi connectivity index (χ2v) is 6.21. The normalized spacial score (nSPS) is 15.5. The molecule has 6 heteroatoms. The zero-order chi connectivity index (χ0) is 17.9. The minimum Gasteiger partial charge on any atom is -0.486 e. The summed E-state index contributed by atoms with van der Waals surface area (Å²) < 4.78 is 11.7. The van der Waals surface area contributed by atoms with Gasteiger partial charge in [0.05, 0.1) is 24.0 Å². The summed E-state index contributed by atoms with van der Waals surface area (Å²) in [5.74, 6) is 1.33. The molecule has 0 radical (unpaired) electrons. The number of carbonyl (C=O) groups is 1. The maximum atomic E-state index is 12.9. The molecule has 0 saturated heterocycles. The van der Waals surface area contributed by atoms with Crippen LogP contribution in [0.15, 0.2) is 60.8 Å². The molecule has 26 heavy (non-hydrogen) atoms. The fourth-order valence-corrected chi connectivity index (χ4v) is 3.02. The number of hydrogen-bond acceptors (Lipinski definition) is 4. The van der Waals surface area contributed by atoms with Gasteiger partial charge in [0, 0.05) is 12.6 Å². The first kappa shape index (κ1) is 16.2. The summed E-state index contributed by atoms with van der Waals surface area (Å²) in [6, 6.07) is 17.2. The number of benzene rings is 2. The van der Waals surface area contributed by atoms with Crippen molar-refractivity contribution >= 4 is 5.91 Å². The number of aromatic amines is 1. The molecule has 132 valence electrons. The SMILES string of the molecule is CN(C[C@@H]1COc2ccccc2O1)C(=O)c1cn[nH]c1-c1ccccc1. The molecule has 1 atom stereocenters. The Hall–Kier alpha value is -3.28. The molecule has 1 aliphatic rings. The third kappa shape index (κ3) is 3.13. The molecule has 1 N–H and O–H groups in total. The molecule has 0 saturated carbocycles. The lowest BCUT2D eigenvalue weighted by Gasteiger charge is -2.29. The van der Waals surface area contributed by atoms with E-state index in [2.05, 4.69) is 10.2 Å². The molecular formula is C20H19N3O3. The number of H-pyrrole nitrogens is 1. The van der Waals surface area contributed by atoms with Gasteiger partial charge in [-0.15, -0.1) is 0 Å². The Balaban J connectivity index is 1.47. The molecule has 0 spiro atoms. The number of hydrogen-bond donors (Lipinski definition) is 1. The monoisotopic (exact) mass is 349 g/mol. The van der Waals surface area contributed by atoms with Crippen LogP contribution < -0.4 is 9.47 Å². The summed E-state index contributed by atoms with van der Waals surface area (Å²) in [5, 5.41) is 6.97. The van der Waals surface area contributed by atoms with Gasteiger partial charge >= 0.3 is 0 Å². The van der Waals surface area contributed by atoms with Crippen LogP contribution in [0.4, 0.5) is 0 Å². The van der Waals surface area contributed by atoms with Gasteiger partial charge in [0.2, 0.25) is 0 Å². The first-order chi connectivity index (χ1) is 12.7. The van der Waals surface area contributed by atoms with Crippen LogP contribution in [0.2, 0.25) is 0 Å². The molecule has 1 aliphatic heterocycles. The molecule has 6 nitrogen and oxygen atoms in total. The van der Waals surface area contributed by atoms with Gasteiger partial charge in [0.25, 0.3) is 5.91 Å². The predicted molar refractivity (Wildman–Crippen MR) is 97.3 cm³/mol. The minimum absolute atomic E-state index is 0.111. The number of nitrogens with zero attached hydrogens (tertiary/aromatic N) is 2. The molecule has 0 aliphatic carbocycles. The Morgan fingerprint density at radius 3 is 2.69 bits per heavy atom. The van der Waals surface area contributed by atoms with E-state index in [9.17, 15) is 4.79 Å². The van der Waals surface area contributed by atoms with Gasteiger partial charge in [0.1, 0.15) is 6.61 Å². The Morgan fingerprint density at radius 1 is 1.15 bits per heavy atom. The standard InChI is InChI=1S/C20H19N3O3/c1-23(12-15-13-25-17-9-5-6-10-18(17)26-15)20(24)16-11-21-22-19(16)14-7-3-2-4-8-14/h2-11,15H,12-13H2,1H3,(H,21,22)/t15-/m1/s1. The number of para-hydroxylation sites is 2. The van der Waals surface area contributed by atoms with Crippen molar-refractivity contribution in [3.05, 3.63) is 66.4 Å². The second kappa shape index (κ2) is 6.92. The van der Waals surface area contributed by atoms with Gasteiger partial charge in [-0.1, -0.05) is 42.5 Å². The van der Waals surface area contributed by atoms with Gasteiger partial charge < -0.3 is 14.4 Å². The summed E-state index contributed by atoms with van der Waals surface area (Å²) in [4.78, 5) is 14.5. The van der Waals surface area contributed by atoms with Crippen molar-refractivity contribution in [3.8, 4) is 22.8 Å². The van der Waals surface area contributed by atoms with Crippen molar-refractivity contribution in [2.45, 2.75) is 6.10 Å².